The van der Waals surface area contributed by atoms with Crippen LogP contribution in [0.2, 0.25) is 10.0 Å². The van der Waals surface area contributed by atoms with Crippen LogP contribution < -0.4 is 4.72 Å². The quantitative estimate of drug-likeness (QED) is 0.897. The van der Waals surface area contributed by atoms with E-state index >= 15 is 0 Å². The van der Waals surface area contributed by atoms with Crippen LogP contribution >= 0.6 is 23.2 Å². The van der Waals surface area contributed by atoms with E-state index in [0.717, 1.165) is 5.56 Å². The van der Waals surface area contributed by atoms with Gasteiger partial charge in [0.15, 0.2) is 0 Å². The molecule has 0 aliphatic carbocycles. The van der Waals surface area contributed by atoms with E-state index < -0.39 is 10.0 Å². The second-order valence-corrected chi connectivity index (χ2v) is 7.28. The van der Waals surface area contributed by atoms with Gasteiger partial charge in [-0.1, -0.05) is 53.5 Å². The topological polar surface area (TPSA) is 46.2 Å². The number of hydrogen-bond donors (Lipinski definition) is 1. The summed E-state index contributed by atoms with van der Waals surface area (Å²) in [6.45, 7) is 3.48. The summed E-state index contributed by atoms with van der Waals surface area (Å²) in [5.74, 6) is 0. The van der Waals surface area contributed by atoms with Crippen molar-refractivity contribution in [3.8, 4) is 0 Å². The SMILES string of the molecule is Cc1cc(Cl)c(Cl)cc1S(=O)(=O)NC(C)c1ccccc1. The molecule has 1 N–H and O–H groups in total. The molecule has 0 radical (unpaired) electrons. The van der Waals surface area contributed by atoms with Crippen molar-refractivity contribution >= 4 is 33.2 Å². The van der Waals surface area contributed by atoms with Crippen molar-refractivity contribution in [3.63, 3.8) is 0 Å². The van der Waals surface area contributed by atoms with Crippen LogP contribution in [0.15, 0.2) is 47.4 Å². The zero-order chi connectivity index (χ0) is 15.6. The number of sulfonamides is 1. The van der Waals surface area contributed by atoms with Crippen molar-refractivity contribution in [1.82, 2.24) is 4.72 Å². The predicted molar refractivity (Wildman–Crippen MR) is 86.4 cm³/mol. The Labute approximate surface area is 135 Å². The van der Waals surface area contributed by atoms with Crippen LogP contribution in [0, 0.1) is 6.92 Å². The number of nitrogens with one attached hydrogen (secondary N) is 1. The Balaban J connectivity index is 2.33. The predicted octanol–water partition coefficient (Wildman–Crippen LogP) is 4.34. The molecule has 0 bridgehead atoms. The van der Waals surface area contributed by atoms with Gasteiger partial charge in [0, 0.05) is 6.04 Å². The van der Waals surface area contributed by atoms with Gasteiger partial charge in [0.25, 0.3) is 0 Å². The summed E-state index contributed by atoms with van der Waals surface area (Å²) in [4.78, 5) is 0.139. The van der Waals surface area contributed by atoms with Crippen molar-refractivity contribution < 1.29 is 8.42 Å². The number of rotatable bonds is 4. The standard InChI is InChI=1S/C15H15Cl2NO2S/c1-10-8-13(16)14(17)9-15(10)21(19,20)18-11(2)12-6-4-3-5-7-12/h3-9,11,18H,1-2H3. The molecule has 0 saturated carbocycles. The summed E-state index contributed by atoms with van der Waals surface area (Å²) in [7, 11) is -3.67. The summed E-state index contributed by atoms with van der Waals surface area (Å²) >= 11 is 11.8. The van der Waals surface area contributed by atoms with Crippen molar-refractivity contribution in [3.05, 3.63) is 63.6 Å². The molecule has 21 heavy (non-hydrogen) atoms. The second-order valence-electron chi connectivity index (χ2n) is 4.79. The van der Waals surface area contributed by atoms with Crippen LogP contribution in [0.25, 0.3) is 0 Å². The van der Waals surface area contributed by atoms with E-state index in [0.29, 0.717) is 10.6 Å². The van der Waals surface area contributed by atoms with Crippen molar-refractivity contribution in [2.24, 2.45) is 0 Å². The van der Waals surface area contributed by atoms with E-state index in [1.165, 1.54) is 6.07 Å². The maximum absolute atomic E-state index is 12.5. The normalized spacial score (nSPS) is 13.1. The minimum absolute atomic E-state index is 0.139. The number of benzene rings is 2. The third-order valence-corrected chi connectivity index (χ3v) is 5.54. The fraction of sp³-hybridized carbons (Fsp3) is 0.200. The lowest BCUT2D eigenvalue weighted by Crippen LogP contribution is -2.27. The largest absolute Gasteiger partial charge is 0.241 e. The third kappa shape index (κ3) is 3.77. The lowest BCUT2D eigenvalue weighted by atomic mass is 10.1. The van der Waals surface area contributed by atoms with Crippen LogP contribution in [0.5, 0.6) is 0 Å². The summed E-state index contributed by atoms with van der Waals surface area (Å²) in [6, 6.07) is 11.9. The molecule has 2 rings (SSSR count). The Kier molecular flexibility index (Phi) is 4.94. The maximum Gasteiger partial charge on any atom is 0.241 e. The van der Waals surface area contributed by atoms with Gasteiger partial charge in [0.1, 0.15) is 0 Å². The van der Waals surface area contributed by atoms with Crippen molar-refractivity contribution in [2.75, 3.05) is 0 Å². The summed E-state index contributed by atoms with van der Waals surface area (Å²) in [5.41, 5.74) is 1.44. The fourth-order valence-electron chi connectivity index (χ4n) is 2.02. The smallest absolute Gasteiger partial charge is 0.207 e. The molecular formula is C15H15Cl2NO2S. The Hall–Kier alpha value is -1.07. The Morgan fingerprint density at radius 1 is 1.05 bits per heavy atom. The molecule has 1 atom stereocenters. The van der Waals surface area contributed by atoms with Crippen molar-refractivity contribution in [1.29, 1.82) is 0 Å². The van der Waals surface area contributed by atoms with Crippen LogP contribution in [-0.2, 0) is 10.0 Å². The van der Waals surface area contributed by atoms with Gasteiger partial charge in [-0.05, 0) is 37.1 Å². The Morgan fingerprint density at radius 2 is 1.62 bits per heavy atom. The zero-order valence-corrected chi connectivity index (χ0v) is 13.9. The average Bonchev–Trinajstić information content (AvgIpc) is 2.43. The van der Waals surface area contributed by atoms with Crippen LogP contribution in [0.4, 0.5) is 0 Å². The van der Waals surface area contributed by atoms with E-state index in [-0.39, 0.29) is 16.0 Å². The molecule has 0 heterocycles. The number of halogens is 2. The zero-order valence-electron chi connectivity index (χ0n) is 11.6. The minimum Gasteiger partial charge on any atom is -0.207 e. The van der Waals surface area contributed by atoms with E-state index in [2.05, 4.69) is 4.72 Å². The molecule has 0 aliphatic rings. The second kappa shape index (κ2) is 6.36. The fourth-order valence-corrected chi connectivity index (χ4v) is 3.95. The summed E-state index contributed by atoms with van der Waals surface area (Å²) < 4.78 is 27.6. The summed E-state index contributed by atoms with van der Waals surface area (Å²) in [6.07, 6.45) is 0. The third-order valence-electron chi connectivity index (χ3n) is 3.14. The molecule has 0 fully saturated rings. The molecule has 112 valence electrons. The summed E-state index contributed by atoms with van der Waals surface area (Å²) in [5, 5.41) is 0.555. The molecule has 2 aromatic carbocycles. The molecule has 0 spiro atoms. The molecule has 0 amide bonds. The van der Waals surface area contributed by atoms with Gasteiger partial charge >= 0.3 is 0 Å². The molecular weight excluding hydrogens is 329 g/mol. The van der Waals surface area contributed by atoms with Gasteiger partial charge in [-0.3, -0.25) is 0 Å². The molecule has 0 aromatic heterocycles. The van der Waals surface area contributed by atoms with Gasteiger partial charge < -0.3 is 0 Å². The van der Waals surface area contributed by atoms with E-state index in [1.807, 2.05) is 30.3 Å². The van der Waals surface area contributed by atoms with Crippen LogP contribution in [0.3, 0.4) is 0 Å². The Bertz CT molecular complexity index is 746. The lowest BCUT2D eigenvalue weighted by molar-refractivity contribution is 0.566. The first kappa shape index (κ1) is 16.3. The van der Waals surface area contributed by atoms with Gasteiger partial charge in [-0.15, -0.1) is 0 Å². The highest BCUT2D eigenvalue weighted by molar-refractivity contribution is 7.89. The molecule has 6 heteroatoms. The maximum atomic E-state index is 12.5. The first-order valence-electron chi connectivity index (χ1n) is 6.34. The molecule has 3 nitrogen and oxygen atoms in total. The highest BCUT2D eigenvalue weighted by Gasteiger charge is 2.21. The van der Waals surface area contributed by atoms with Gasteiger partial charge in [0.2, 0.25) is 10.0 Å². The molecule has 0 aliphatic heterocycles. The van der Waals surface area contributed by atoms with E-state index in [4.69, 9.17) is 23.2 Å². The van der Waals surface area contributed by atoms with E-state index in [9.17, 15) is 8.42 Å². The van der Waals surface area contributed by atoms with Gasteiger partial charge in [-0.25, -0.2) is 13.1 Å². The lowest BCUT2D eigenvalue weighted by Gasteiger charge is -2.16. The Morgan fingerprint density at radius 3 is 2.24 bits per heavy atom. The monoisotopic (exact) mass is 343 g/mol. The van der Waals surface area contributed by atoms with Gasteiger partial charge in [-0.2, -0.15) is 0 Å². The number of hydrogen-bond acceptors (Lipinski definition) is 2. The highest BCUT2D eigenvalue weighted by atomic mass is 35.5. The van der Waals surface area contributed by atoms with Crippen LogP contribution in [0.1, 0.15) is 24.1 Å². The first-order chi connectivity index (χ1) is 9.81. The first-order valence-corrected chi connectivity index (χ1v) is 8.58. The van der Waals surface area contributed by atoms with Gasteiger partial charge in [0.05, 0.1) is 14.9 Å². The van der Waals surface area contributed by atoms with E-state index in [1.54, 1.807) is 19.9 Å². The number of aryl methyl sites for hydroxylation is 1. The van der Waals surface area contributed by atoms with Crippen molar-refractivity contribution in [2.45, 2.75) is 24.8 Å². The average molecular weight is 344 g/mol. The minimum atomic E-state index is -3.67. The van der Waals surface area contributed by atoms with Crippen LogP contribution in [-0.4, -0.2) is 8.42 Å². The molecule has 1 unspecified atom stereocenters. The molecule has 2 aromatic rings. The highest BCUT2D eigenvalue weighted by Crippen LogP contribution is 2.28. The molecule has 0 saturated heterocycles.